The molecule has 0 bridgehead atoms. The molecule has 1 saturated heterocycles. The van der Waals surface area contributed by atoms with Gasteiger partial charge in [-0.2, -0.15) is 0 Å². The monoisotopic (exact) mass is 265 g/mol. The Morgan fingerprint density at radius 2 is 2.21 bits per heavy atom. The lowest BCUT2D eigenvalue weighted by atomic mass is 10.1. The van der Waals surface area contributed by atoms with Gasteiger partial charge in [0.1, 0.15) is 11.9 Å². The van der Waals surface area contributed by atoms with Crippen molar-refractivity contribution in [3.63, 3.8) is 0 Å². The molecular weight excluding hydrogens is 245 g/mol. The standard InChI is InChI=1S/C14H20FN3O/c1-2-5-11-8-13(18-17-11)14(19)16-9-10-6-3-4-7-12(10)15/h3-4,6-7,11,13,17-18H,2,5,8-9H2,1H3,(H,16,19). The van der Waals surface area contributed by atoms with E-state index in [4.69, 9.17) is 0 Å². The third-order valence-corrected chi connectivity index (χ3v) is 3.35. The van der Waals surface area contributed by atoms with Crippen molar-refractivity contribution in [3.8, 4) is 0 Å². The fraction of sp³-hybridized carbons (Fsp3) is 0.500. The molecule has 2 atom stereocenters. The zero-order valence-corrected chi connectivity index (χ0v) is 11.1. The molecule has 1 fully saturated rings. The minimum absolute atomic E-state index is 0.0886. The highest BCUT2D eigenvalue weighted by Gasteiger charge is 2.28. The quantitative estimate of drug-likeness (QED) is 0.756. The third-order valence-electron chi connectivity index (χ3n) is 3.35. The molecule has 1 aromatic carbocycles. The number of hydrogen-bond donors (Lipinski definition) is 3. The Balaban J connectivity index is 1.81. The van der Waals surface area contributed by atoms with E-state index in [1.807, 2.05) is 0 Å². The molecule has 0 spiro atoms. The molecule has 1 aliphatic heterocycles. The molecule has 2 rings (SSSR count). The fourth-order valence-corrected chi connectivity index (χ4v) is 2.28. The molecule has 1 aliphatic rings. The van der Waals surface area contributed by atoms with Crippen molar-refractivity contribution in [1.82, 2.24) is 16.2 Å². The van der Waals surface area contributed by atoms with Crippen LogP contribution in [0.5, 0.6) is 0 Å². The SMILES string of the molecule is CCCC1CC(C(=O)NCc2ccccc2F)NN1. The molecule has 1 amide bonds. The number of rotatable bonds is 5. The number of amides is 1. The Labute approximate surface area is 112 Å². The summed E-state index contributed by atoms with van der Waals surface area (Å²) in [6.07, 6.45) is 2.91. The van der Waals surface area contributed by atoms with Crippen LogP contribution in [-0.4, -0.2) is 18.0 Å². The Hall–Kier alpha value is -1.46. The van der Waals surface area contributed by atoms with Crippen molar-refractivity contribution < 1.29 is 9.18 Å². The normalized spacial score (nSPS) is 22.4. The van der Waals surface area contributed by atoms with Gasteiger partial charge in [-0.3, -0.25) is 10.2 Å². The van der Waals surface area contributed by atoms with Crippen molar-refractivity contribution in [1.29, 1.82) is 0 Å². The molecule has 0 radical (unpaired) electrons. The molecule has 19 heavy (non-hydrogen) atoms. The Morgan fingerprint density at radius 1 is 1.42 bits per heavy atom. The number of hydrazine groups is 1. The third kappa shape index (κ3) is 3.75. The summed E-state index contributed by atoms with van der Waals surface area (Å²) in [5.41, 5.74) is 6.61. The first-order valence-electron chi connectivity index (χ1n) is 6.73. The molecule has 0 saturated carbocycles. The Kier molecular flexibility index (Phi) is 4.87. The van der Waals surface area contributed by atoms with Gasteiger partial charge >= 0.3 is 0 Å². The summed E-state index contributed by atoms with van der Waals surface area (Å²) >= 11 is 0. The number of carbonyl (C=O) groups excluding carboxylic acids is 1. The summed E-state index contributed by atoms with van der Waals surface area (Å²) in [5.74, 6) is -0.376. The van der Waals surface area contributed by atoms with E-state index in [9.17, 15) is 9.18 Å². The second kappa shape index (κ2) is 6.63. The minimum atomic E-state index is -0.288. The molecular formula is C14H20FN3O. The van der Waals surface area contributed by atoms with Crippen molar-refractivity contribution in [2.45, 2.75) is 44.8 Å². The van der Waals surface area contributed by atoms with Crippen LogP contribution >= 0.6 is 0 Å². The predicted octanol–water partition coefficient (Wildman–Crippen LogP) is 1.48. The van der Waals surface area contributed by atoms with Gasteiger partial charge < -0.3 is 5.32 Å². The van der Waals surface area contributed by atoms with E-state index in [1.54, 1.807) is 18.2 Å². The highest BCUT2D eigenvalue weighted by molar-refractivity contribution is 5.82. The van der Waals surface area contributed by atoms with E-state index >= 15 is 0 Å². The van der Waals surface area contributed by atoms with Gasteiger partial charge in [0.15, 0.2) is 0 Å². The van der Waals surface area contributed by atoms with Gasteiger partial charge in [-0.05, 0) is 18.9 Å². The van der Waals surface area contributed by atoms with Gasteiger partial charge in [-0.15, -0.1) is 0 Å². The second-order valence-corrected chi connectivity index (χ2v) is 4.87. The lowest BCUT2D eigenvalue weighted by Crippen LogP contribution is -2.43. The number of carbonyl (C=O) groups is 1. The summed E-state index contributed by atoms with van der Waals surface area (Å²) in [7, 11) is 0. The van der Waals surface area contributed by atoms with Crippen LogP contribution in [0, 0.1) is 5.82 Å². The van der Waals surface area contributed by atoms with Crippen LogP contribution in [0.1, 0.15) is 31.7 Å². The zero-order chi connectivity index (χ0) is 13.7. The zero-order valence-electron chi connectivity index (χ0n) is 11.1. The average molecular weight is 265 g/mol. The minimum Gasteiger partial charge on any atom is -0.351 e. The smallest absolute Gasteiger partial charge is 0.238 e. The number of benzene rings is 1. The predicted molar refractivity (Wildman–Crippen MR) is 71.6 cm³/mol. The maximum Gasteiger partial charge on any atom is 0.238 e. The molecule has 0 aromatic heterocycles. The highest BCUT2D eigenvalue weighted by Crippen LogP contribution is 2.11. The van der Waals surface area contributed by atoms with Gasteiger partial charge in [-0.1, -0.05) is 31.5 Å². The molecule has 0 aliphatic carbocycles. The number of hydrogen-bond acceptors (Lipinski definition) is 3. The average Bonchev–Trinajstić information content (AvgIpc) is 2.87. The lowest BCUT2D eigenvalue weighted by molar-refractivity contribution is -0.123. The van der Waals surface area contributed by atoms with E-state index < -0.39 is 0 Å². The van der Waals surface area contributed by atoms with Gasteiger partial charge in [0.05, 0.1) is 0 Å². The first-order valence-corrected chi connectivity index (χ1v) is 6.73. The molecule has 2 unspecified atom stereocenters. The number of halogens is 1. The van der Waals surface area contributed by atoms with E-state index in [1.165, 1.54) is 6.07 Å². The molecule has 1 aromatic rings. The van der Waals surface area contributed by atoms with Crippen molar-refractivity contribution in [2.75, 3.05) is 0 Å². The Morgan fingerprint density at radius 3 is 2.95 bits per heavy atom. The first-order chi connectivity index (χ1) is 9.20. The second-order valence-electron chi connectivity index (χ2n) is 4.87. The fourth-order valence-electron chi connectivity index (χ4n) is 2.28. The summed E-state index contributed by atoms with van der Waals surface area (Å²) < 4.78 is 13.4. The molecule has 4 nitrogen and oxygen atoms in total. The van der Waals surface area contributed by atoms with Crippen molar-refractivity contribution in [2.24, 2.45) is 0 Å². The van der Waals surface area contributed by atoms with Gasteiger partial charge in [0, 0.05) is 18.2 Å². The summed E-state index contributed by atoms with van der Waals surface area (Å²) in [6, 6.07) is 6.58. The number of nitrogens with one attached hydrogen (secondary N) is 3. The van der Waals surface area contributed by atoms with Gasteiger partial charge in [-0.25, -0.2) is 9.82 Å². The van der Waals surface area contributed by atoms with Gasteiger partial charge in [0.25, 0.3) is 0 Å². The lowest BCUT2D eigenvalue weighted by Gasteiger charge is -2.11. The summed E-state index contributed by atoms with van der Waals surface area (Å²) in [6.45, 7) is 2.34. The highest BCUT2D eigenvalue weighted by atomic mass is 19.1. The molecule has 3 N–H and O–H groups in total. The molecule has 104 valence electrons. The van der Waals surface area contributed by atoms with Crippen LogP contribution in [0.2, 0.25) is 0 Å². The topological polar surface area (TPSA) is 53.2 Å². The maximum atomic E-state index is 13.4. The van der Waals surface area contributed by atoms with Crippen molar-refractivity contribution >= 4 is 5.91 Å². The van der Waals surface area contributed by atoms with Crippen LogP contribution in [0.15, 0.2) is 24.3 Å². The summed E-state index contributed by atoms with van der Waals surface area (Å²) in [5, 5.41) is 2.76. The maximum absolute atomic E-state index is 13.4. The Bertz CT molecular complexity index is 438. The largest absolute Gasteiger partial charge is 0.351 e. The molecule has 1 heterocycles. The first kappa shape index (κ1) is 14.0. The van der Waals surface area contributed by atoms with E-state index in [2.05, 4.69) is 23.1 Å². The van der Waals surface area contributed by atoms with Crippen LogP contribution in [0.3, 0.4) is 0 Å². The van der Waals surface area contributed by atoms with E-state index in [-0.39, 0.29) is 24.3 Å². The molecule has 5 heteroatoms. The van der Waals surface area contributed by atoms with Crippen LogP contribution in [-0.2, 0) is 11.3 Å². The summed E-state index contributed by atoms with van der Waals surface area (Å²) in [4.78, 5) is 11.9. The van der Waals surface area contributed by atoms with E-state index in [0.717, 1.165) is 19.3 Å². The van der Waals surface area contributed by atoms with E-state index in [0.29, 0.717) is 11.6 Å². The van der Waals surface area contributed by atoms with Crippen LogP contribution in [0.25, 0.3) is 0 Å². The van der Waals surface area contributed by atoms with Gasteiger partial charge in [0.2, 0.25) is 5.91 Å². The van der Waals surface area contributed by atoms with Crippen LogP contribution < -0.4 is 16.2 Å². The van der Waals surface area contributed by atoms with Crippen LogP contribution in [0.4, 0.5) is 4.39 Å². The van der Waals surface area contributed by atoms with Crippen molar-refractivity contribution in [3.05, 3.63) is 35.6 Å².